The van der Waals surface area contributed by atoms with E-state index in [2.05, 4.69) is 16.8 Å². The molecule has 4 rings (SSSR count). The summed E-state index contributed by atoms with van der Waals surface area (Å²) in [7, 11) is 2.10. The fourth-order valence-corrected chi connectivity index (χ4v) is 4.05. The molecule has 1 saturated heterocycles. The van der Waals surface area contributed by atoms with E-state index < -0.39 is 5.97 Å². The molecule has 0 saturated carbocycles. The number of rotatable bonds is 5. The second-order valence-electron chi connectivity index (χ2n) is 7.41. The van der Waals surface area contributed by atoms with E-state index in [9.17, 15) is 14.4 Å². The Bertz CT molecular complexity index is 941. The maximum atomic E-state index is 13.0. The topological polar surface area (TPSA) is 81.2 Å². The van der Waals surface area contributed by atoms with Gasteiger partial charge in [0.1, 0.15) is 0 Å². The van der Waals surface area contributed by atoms with Crippen LogP contribution in [0.3, 0.4) is 0 Å². The van der Waals surface area contributed by atoms with Crippen LogP contribution in [0.4, 0.5) is 5.69 Å². The lowest BCUT2D eigenvalue weighted by molar-refractivity contribution is -0.137. The summed E-state index contributed by atoms with van der Waals surface area (Å²) in [6.07, 6.45) is 0.175. The summed E-state index contributed by atoms with van der Waals surface area (Å²) in [6.45, 7) is 3.85. The number of benzene rings is 2. The molecule has 7 heteroatoms. The van der Waals surface area contributed by atoms with E-state index in [1.807, 2.05) is 18.2 Å². The highest BCUT2D eigenvalue weighted by Gasteiger charge is 2.33. The van der Waals surface area contributed by atoms with E-state index >= 15 is 0 Å². The summed E-state index contributed by atoms with van der Waals surface area (Å²) < 4.78 is 0. The second-order valence-corrected chi connectivity index (χ2v) is 7.41. The van der Waals surface area contributed by atoms with E-state index in [4.69, 9.17) is 5.11 Å². The van der Waals surface area contributed by atoms with Gasteiger partial charge in [0.05, 0.1) is 0 Å². The van der Waals surface area contributed by atoms with Crippen molar-refractivity contribution in [2.24, 2.45) is 0 Å². The molecule has 2 aliphatic heterocycles. The van der Waals surface area contributed by atoms with Crippen molar-refractivity contribution < 1.29 is 19.5 Å². The van der Waals surface area contributed by atoms with Gasteiger partial charge in [-0.1, -0.05) is 12.1 Å². The predicted molar refractivity (Wildman–Crippen MR) is 106 cm³/mol. The number of piperazine rings is 1. The van der Waals surface area contributed by atoms with E-state index in [1.165, 1.54) is 4.90 Å². The first-order valence-electron chi connectivity index (χ1n) is 9.54. The van der Waals surface area contributed by atoms with Crippen molar-refractivity contribution in [1.82, 2.24) is 9.80 Å². The maximum Gasteiger partial charge on any atom is 0.303 e. The van der Waals surface area contributed by atoms with Crippen LogP contribution in [0.5, 0.6) is 0 Å². The Labute approximate surface area is 163 Å². The smallest absolute Gasteiger partial charge is 0.303 e. The first-order chi connectivity index (χ1) is 13.5. The Balaban J connectivity index is 1.72. The van der Waals surface area contributed by atoms with Crippen molar-refractivity contribution >= 4 is 34.2 Å². The number of hydrogen-bond donors (Lipinski definition) is 1. The van der Waals surface area contributed by atoms with Gasteiger partial charge in [0, 0.05) is 66.7 Å². The Morgan fingerprint density at radius 2 is 1.68 bits per heavy atom. The van der Waals surface area contributed by atoms with Gasteiger partial charge >= 0.3 is 5.97 Å². The number of carboxylic acids is 1. The molecular formula is C21H23N3O4. The molecule has 28 heavy (non-hydrogen) atoms. The molecule has 0 atom stereocenters. The Morgan fingerprint density at radius 1 is 1.00 bits per heavy atom. The number of nitrogens with zero attached hydrogens (tertiary/aromatic N) is 3. The highest BCUT2D eigenvalue weighted by Crippen LogP contribution is 2.36. The number of hydrogen-bond acceptors (Lipinski definition) is 5. The van der Waals surface area contributed by atoms with Crippen LogP contribution in [0.15, 0.2) is 30.3 Å². The number of imide groups is 1. The van der Waals surface area contributed by atoms with Gasteiger partial charge in [-0.05, 0) is 31.7 Å². The van der Waals surface area contributed by atoms with Crippen LogP contribution in [0, 0.1) is 0 Å². The lowest BCUT2D eigenvalue weighted by atomic mass is 9.92. The zero-order valence-corrected chi connectivity index (χ0v) is 15.9. The number of aliphatic carboxylic acids is 1. The largest absolute Gasteiger partial charge is 0.481 e. The van der Waals surface area contributed by atoms with Crippen molar-refractivity contribution in [2.45, 2.75) is 12.8 Å². The van der Waals surface area contributed by atoms with Crippen molar-refractivity contribution in [3.8, 4) is 0 Å². The number of amides is 2. The van der Waals surface area contributed by atoms with Crippen molar-refractivity contribution in [3.63, 3.8) is 0 Å². The molecular weight excluding hydrogens is 358 g/mol. The minimum atomic E-state index is -0.934. The van der Waals surface area contributed by atoms with Gasteiger partial charge in [-0.3, -0.25) is 19.3 Å². The molecule has 2 aromatic carbocycles. The molecule has 0 radical (unpaired) electrons. The molecule has 146 valence electrons. The Kier molecular flexibility index (Phi) is 4.77. The van der Waals surface area contributed by atoms with Gasteiger partial charge in [-0.15, -0.1) is 0 Å². The highest BCUT2D eigenvalue weighted by atomic mass is 16.4. The maximum absolute atomic E-state index is 13.0. The van der Waals surface area contributed by atoms with Gasteiger partial charge in [0.2, 0.25) is 0 Å². The molecule has 0 aromatic heterocycles. The molecule has 1 fully saturated rings. The van der Waals surface area contributed by atoms with E-state index in [-0.39, 0.29) is 31.2 Å². The number of carboxylic acid groups (broad SMARTS) is 1. The van der Waals surface area contributed by atoms with Gasteiger partial charge in [-0.25, -0.2) is 0 Å². The number of carbonyl (C=O) groups excluding carboxylic acids is 2. The average Bonchev–Trinajstić information content (AvgIpc) is 2.69. The summed E-state index contributed by atoms with van der Waals surface area (Å²) in [5, 5.41) is 10.5. The standard InChI is InChI=1S/C21H23N3O4/c1-22-10-12-23(13-11-22)17-8-7-16-19-14(17)4-2-5-15(19)20(27)24(21(16)28)9-3-6-18(25)26/h2,4-5,7-8H,3,6,9-13H2,1H3,(H,25,26). The number of likely N-dealkylation sites (N-methyl/N-ethyl adjacent to an activating group) is 1. The zero-order chi connectivity index (χ0) is 19.8. The van der Waals surface area contributed by atoms with Gasteiger partial charge in [-0.2, -0.15) is 0 Å². The summed E-state index contributed by atoms with van der Waals surface area (Å²) in [5.74, 6) is -1.62. The minimum Gasteiger partial charge on any atom is -0.481 e. The number of carbonyl (C=O) groups is 3. The first kappa shape index (κ1) is 18.4. The quantitative estimate of drug-likeness (QED) is 0.799. The Hall–Kier alpha value is -2.93. The van der Waals surface area contributed by atoms with Crippen LogP contribution in [-0.4, -0.2) is 72.5 Å². The fourth-order valence-electron chi connectivity index (χ4n) is 4.05. The molecule has 0 unspecified atom stereocenters. The lowest BCUT2D eigenvalue weighted by Crippen LogP contribution is -2.45. The van der Waals surface area contributed by atoms with Crippen LogP contribution in [-0.2, 0) is 4.79 Å². The van der Waals surface area contributed by atoms with Crippen LogP contribution in [0.25, 0.3) is 10.8 Å². The molecule has 2 amide bonds. The third kappa shape index (κ3) is 3.11. The van der Waals surface area contributed by atoms with E-state index in [0.29, 0.717) is 16.5 Å². The SMILES string of the molecule is CN1CCN(c2ccc3c4c(cccc24)C(=O)N(CCCC(=O)O)C3=O)CC1. The average molecular weight is 381 g/mol. The minimum absolute atomic E-state index is 0.0730. The van der Waals surface area contributed by atoms with Crippen molar-refractivity contribution in [1.29, 1.82) is 0 Å². The molecule has 2 aromatic rings. The second kappa shape index (κ2) is 7.24. The summed E-state index contributed by atoms with van der Waals surface area (Å²) in [5.41, 5.74) is 2.07. The Morgan fingerprint density at radius 3 is 2.36 bits per heavy atom. The summed E-state index contributed by atoms with van der Waals surface area (Å²) >= 11 is 0. The molecule has 2 heterocycles. The third-order valence-electron chi connectivity index (χ3n) is 5.59. The monoisotopic (exact) mass is 381 g/mol. The van der Waals surface area contributed by atoms with Crippen LogP contribution in [0.1, 0.15) is 33.6 Å². The molecule has 0 aliphatic carbocycles. The molecule has 0 bridgehead atoms. The van der Waals surface area contributed by atoms with Gasteiger partial charge < -0.3 is 14.9 Å². The molecule has 2 aliphatic rings. The normalized spacial score (nSPS) is 17.5. The van der Waals surface area contributed by atoms with Crippen LogP contribution < -0.4 is 4.90 Å². The van der Waals surface area contributed by atoms with Gasteiger partial charge in [0.25, 0.3) is 11.8 Å². The highest BCUT2D eigenvalue weighted by molar-refractivity contribution is 6.26. The van der Waals surface area contributed by atoms with E-state index in [0.717, 1.165) is 37.3 Å². The first-order valence-corrected chi connectivity index (χ1v) is 9.54. The zero-order valence-electron chi connectivity index (χ0n) is 15.9. The number of anilines is 1. The van der Waals surface area contributed by atoms with Crippen molar-refractivity contribution in [2.75, 3.05) is 44.7 Å². The van der Waals surface area contributed by atoms with Crippen molar-refractivity contribution in [3.05, 3.63) is 41.5 Å². The van der Waals surface area contributed by atoms with Crippen LogP contribution in [0.2, 0.25) is 0 Å². The molecule has 7 nitrogen and oxygen atoms in total. The molecule has 0 spiro atoms. The fraction of sp³-hybridized carbons (Fsp3) is 0.381. The third-order valence-corrected chi connectivity index (χ3v) is 5.59. The summed E-state index contributed by atoms with van der Waals surface area (Å²) in [6, 6.07) is 9.34. The lowest BCUT2D eigenvalue weighted by Gasteiger charge is -2.35. The van der Waals surface area contributed by atoms with Gasteiger partial charge in [0.15, 0.2) is 0 Å². The summed E-state index contributed by atoms with van der Waals surface area (Å²) in [4.78, 5) is 42.4. The van der Waals surface area contributed by atoms with E-state index in [1.54, 1.807) is 12.1 Å². The molecule has 1 N–H and O–H groups in total. The predicted octanol–water partition coefficient (Wildman–Crippen LogP) is 2.05. The van der Waals surface area contributed by atoms with Crippen LogP contribution >= 0.6 is 0 Å².